The molecule has 0 aromatic rings. The third-order valence-electron chi connectivity index (χ3n) is 4.38. The molecule has 0 bridgehead atoms. The van der Waals surface area contributed by atoms with Gasteiger partial charge in [-0.05, 0) is 72.0 Å². The molecule has 1 saturated heterocycles. The summed E-state index contributed by atoms with van der Waals surface area (Å²) in [5.74, 6) is 0.691. The second kappa shape index (κ2) is 7.64. The van der Waals surface area contributed by atoms with Gasteiger partial charge in [0, 0.05) is 18.6 Å². The highest BCUT2D eigenvalue weighted by molar-refractivity contribution is 5.68. The number of likely N-dealkylation sites (tertiary alicyclic amines) is 1. The summed E-state index contributed by atoms with van der Waals surface area (Å²) in [6, 6.07) is 0.808. The first kappa shape index (κ1) is 17.5. The standard InChI is InChI=1S/C17H33N3O2/c1-13(12-20-7-5-6-8-20)11-18-14-9-15(10-14)19-16(21)22-17(2,3)4/h13-15,18H,5-12H2,1-4H3,(H,19,21). The largest absolute Gasteiger partial charge is 0.444 e. The first-order chi connectivity index (χ1) is 10.3. The van der Waals surface area contributed by atoms with Gasteiger partial charge in [0.05, 0.1) is 0 Å². The maximum atomic E-state index is 11.7. The molecular formula is C17H33N3O2. The molecule has 2 N–H and O–H groups in total. The average Bonchev–Trinajstić information content (AvgIpc) is 2.82. The molecule has 2 fully saturated rings. The summed E-state index contributed by atoms with van der Waals surface area (Å²) in [6.07, 6.45) is 4.45. The van der Waals surface area contributed by atoms with Crippen LogP contribution < -0.4 is 10.6 Å². The van der Waals surface area contributed by atoms with Crippen molar-refractivity contribution in [1.29, 1.82) is 0 Å². The number of amides is 1. The Kier molecular flexibility index (Phi) is 6.09. The highest BCUT2D eigenvalue weighted by Crippen LogP contribution is 2.21. The molecule has 1 saturated carbocycles. The van der Waals surface area contributed by atoms with Gasteiger partial charge in [0.25, 0.3) is 0 Å². The van der Waals surface area contributed by atoms with Gasteiger partial charge >= 0.3 is 6.09 Å². The summed E-state index contributed by atoms with van der Waals surface area (Å²) >= 11 is 0. The Balaban J connectivity index is 1.52. The van der Waals surface area contributed by atoms with Crippen LogP contribution in [0.3, 0.4) is 0 Å². The van der Waals surface area contributed by atoms with E-state index in [4.69, 9.17) is 4.74 Å². The quantitative estimate of drug-likeness (QED) is 0.791. The van der Waals surface area contributed by atoms with Gasteiger partial charge in [-0.25, -0.2) is 4.79 Å². The van der Waals surface area contributed by atoms with E-state index in [1.165, 1.54) is 32.5 Å². The Morgan fingerprint density at radius 3 is 2.45 bits per heavy atom. The number of carbonyl (C=O) groups is 1. The van der Waals surface area contributed by atoms with Crippen LogP contribution in [0.1, 0.15) is 53.4 Å². The molecule has 22 heavy (non-hydrogen) atoms. The van der Waals surface area contributed by atoms with Crippen molar-refractivity contribution >= 4 is 6.09 Å². The van der Waals surface area contributed by atoms with E-state index in [9.17, 15) is 4.79 Å². The van der Waals surface area contributed by atoms with Crippen LogP contribution in [0.2, 0.25) is 0 Å². The number of nitrogens with zero attached hydrogens (tertiary/aromatic N) is 1. The zero-order valence-electron chi connectivity index (χ0n) is 14.7. The highest BCUT2D eigenvalue weighted by Gasteiger charge is 2.31. The van der Waals surface area contributed by atoms with Crippen molar-refractivity contribution in [3.63, 3.8) is 0 Å². The molecule has 0 radical (unpaired) electrons. The summed E-state index contributed by atoms with van der Waals surface area (Å²) in [5, 5.41) is 6.57. The Morgan fingerprint density at radius 1 is 1.23 bits per heavy atom. The zero-order valence-corrected chi connectivity index (χ0v) is 14.7. The normalized spacial score (nSPS) is 27.3. The van der Waals surface area contributed by atoms with Gasteiger partial charge < -0.3 is 20.3 Å². The molecule has 0 aromatic carbocycles. The SMILES string of the molecule is CC(CNC1CC(NC(=O)OC(C)(C)C)C1)CN1CCCC1. The Morgan fingerprint density at radius 2 is 1.86 bits per heavy atom. The second-order valence-electron chi connectivity index (χ2n) is 8.03. The predicted octanol–water partition coefficient (Wildman–Crippen LogP) is 2.36. The summed E-state index contributed by atoms with van der Waals surface area (Å²) < 4.78 is 5.28. The van der Waals surface area contributed by atoms with Crippen molar-refractivity contribution in [2.45, 2.75) is 71.1 Å². The van der Waals surface area contributed by atoms with Gasteiger partial charge in [0.2, 0.25) is 0 Å². The van der Waals surface area contributed by atoms with Gasteiger partial charge in [0.15, 0.2) is 0 Å². The minimum Gasteiger partial charge on any atom is -0.444 e. The predicted molar refractivity (Wildman–Crippen MR) is 89.0 cm³/mol. The van der Waals surface area contributed by atoms with Gasteiger partial charge in [-0.2, -0.15) is 0 Å². The van der Waals surface area contributed by atoms with E-state index in [1.807, 2.05) is 20.8 Å². The van der Waals surface area contributed by atoms with E-state index >= 15 is 0 Å². The van der Waals surface area contributed by atoms with Gasteiger partial charge in [-0.1, -0.05) is 6.92 Å². The number of nitrogens with one attached hydrogen (secondary N) is 2. The third-order valence-corrected chi connectivity index (χ3v) is 4.38. The van der Waals surface area contributed by atoms with Crippen LogP contribution in [0.15, 0.2) is 0 Å². The van der Waals surface area contributed by atoms with E-state index in [1.54, 1.807) is 0 Å². The molecular weight excluding hydrogens is 278 g/mol. The Labute approximate surface area is 135 Å². The molecule has 128 valence electrons. The lowest BCUT2D eigenvalue weighted by atomic mass is 9.86. The highest BCUT2D eigenvalue weighted by atomic mass is 16.6. The summed E-state index contributed by atoms with van der Waals surface area (Å²) in [7, 11) is 0. The van der Waals surface area contributed by atoms with E-state index in [2.05, 4.69) is 22.5 Å². The molecule has 2 rings (SSSR count). The number of carbonyl (C=O) groups excluding carboxylic acids is 1. The number of hydrogen-bond donors (Lipinski definition) is 2. The van der Waals surface area contributed by atoms with Crippen LogP contribution in [0, 0.1) is 5.92 Å². The minimum atomic E-state index is -0.420. The molecule has 5 heteroatoms. The van der Waals surface area contributed by atoms with Crippen LogP contribution in [-0.2, 0) is 4.74 Å². The minimum absolute atomic E-state index is 0.265. The van der Waals surface area contributed by atoms with Crippen LogP contribution >= 0.6 is 0 Å². The molecule has 5 nitrogen and oxygen atoms in total. The number of ether oxygens (including phenoxy) is 1. The van der Waals surface area contributed by atoms with Crippen molar-refractivity contribution in [2.75, 3.05) is 26.2 Å². The van der Waals surface area contributed by atoms with Gasteiger partial charge in [-0.3, -0.25) is 0 Å². The van der Waals surface area contributed by atoms with Crippen molar-refractivity contribution in [1.82, 2.24) is 15.5 Å². The summed E-state index contributed by atoms with van der Waals surface area (Å²) in [4.78, 5) is 14.2. The van der Waals surface area contributed by atoms with E-state index in [0.29, 0.717) is 12.0 Å². The lowest BCUT2D eigenvalue weighted by molar-refractivity contribution is 0.0464. The van der Waals surface area contributed by atoms with Crippen LogP contribution in [0.5, 0.6) is 0 Å². The molecule has 0 aromatic heterocycles. The fraction of sp³-hybridized carbons (Fsp3) is 0.941. The first-order valence-corrected chi connectivity index (χ1v) is 8.77. The lowest BCUT2D eigenvalue weighted by Crippen LogP contribution is -2.54. The molecule has 1 amide bonds. The fourth-order valence-electron chi connectivity index (χ4n) is 3.21. The van der Waals surface area contributed by atoms with Crippen molar-refractivity contribution in [3.05, 3.63) is 0 Å². The number of alkyl carbamates (subject to hydrolysis) is 1. The first-order valence-electron chi connectivity index (χ1n) is 8.77. The monoisotopic (exact) mass is 311 g/mol. The van der Waals surface area contributed by atoms with Crippen molar-refractivity contribution in [3.8, 4) is 0 Å². The topological polar surface area (TPSA) is 53.6 Å². The molecule has 1 aliphatic carbocycles. The van der Waals surface area contributed by atoms with E-state index in [-0.39, 0.29) is 12.1 Å². The second-order valence-corrected chi connectivity index (χ2v) is 8.03. The Hall–Kier alpha value is -0.810. The summed E-state index contributed by atoms with van der Waals surface area (Å²) in [5.41, 5.74) is -0.420. The van der Waals surface area contributed by atoms with E-state index < -0.39 is 5.60 Å². The smallest absolute Gasteiger partial charge is 0.407 e. The maximum absolute atomic E-state index is 11.7. The van der Waals surface area contributed by atoms with Gasteiger partial charge in [0.1, 0.15) is 5.60 Å². The molecule has 1 aliphatic heterocycles. The van der Waals surface area contributed by atoms with Crippen molar-refractivity contribution in [2.24, 2.45) is 5.92 Å². The lowest BCUT2D eigenvalue weighted by Gasteiger charge is -2.37. The summed E-state index contributed by atoms with van der Waals surface area (Å²) in [6.45, 7) is 12.8. The zero-order chi connectivity index (χ0) is 16.2. The molecule has 0 spiro atoms. The maximum Gasteiger partial charge on any atom is 0.407 e. The Bertz CT molecular complexity index is 355. The van der Waals surface area contributed by atoms with Crippen LogP contribution in [-0.4, -0.2) is 54.9 Å². The molecule has 1 unspecified atom stereocenters. The molecule has 1 atom stereocenters. The van der Waals surface area contributed by atoms with Crippen LogP contribution in [0.4, 0.5) is 4.79 Å². The number of hydrogen-bond acceptors (Lipinski definition) is 4. The number of rotatable bonds is 6. The average molecular weight is 311 g/mol. The molecule has 1 heterocycles. The van der Waals surface area contributed by atoms with E-state index in [0.717, 1.165) is 19.4 Å². The van der Waals surface area contributed by atoms with Crippen molar-refractivity contribution < 1.29 is 9.53 Å². The third kappa shape index (κ3) is 6.13. The molecule has 2 aliphatic rings. The van der Waals surface area contributed by atoms with Gasteiger partial charge in [-0.15, -0.1) is 0 Å². The van der Waals surface area contributed by atoms with Crippen LogP contribution in [0.25, 0.3) is 0 Å². The fourth-order valence-corrected chi connectivity index (χ4v) is 3.21.